The first-order chi connectivity index (χ1) is 14.9. The summed E-state index contributed by atoms with van der Waals surface area (Å²) in [6.45, 7) is 1.52. The Hall–Kier alpha value is -2.85. The molecular formula is C21H22FN3O5S. The van der Waals surface area contributed by atoms with Gasteiger partial charge in [0.2, 0.25) is 5.43 Å². The Morgan fingerprint density at radius 1 is 1.32 bits per heavy atom. The number of thioether (sulfide) groups is 1. The largest absolute Gasteiger partial charge is 0.503 e. The molecule has 2 amide bonds. The van der Waals surface area contributed by atoms with Crippen LogP contribution in [0.1, 0.15) is 32.8 Å². The van der Waals surface area contributed by atoms with Gasteiger partial charge in [0, 0.05) is 31.6 Å². The van der Waals surface area contributed by atoms with E-state index in [0.29, 0.717) is 25.3 Å². The number of aromatic nitrogens is 1. The van der Waals surface area contributed by atoms with Crippen LogP contribution in [0.15, 0.2) is 35.3 Å². The molecule has 8 nitrogen and oxygen atoms in total. The second kappa shape index (κ2) is 8.72. The number of nitrogens with one attached hydrogen (secondary N) is 1. The third-order valence-electron chi connectivity index (χ3n) is 5.43. The molecule has 2 aromatic rings. The van der Waals surface area contributed by atoms with E-state index in [1.165, 1.54) is 35.0 Å². The first-order valence-electron chi connectivity index (χ1n) is 9.83. The summed E-state index contributed by atoms with van der Waals surface area (Å²) in [5.41, 5.74) is -0.580. The first kappa shape index (κ1) is 21.4. The molecule has 1 aromatic heterocycles. The number of ether oxygens (including phenoxy) is 1. The van der Waals surface area contributed by atoms with E-state index in [9.17, 15) is 23.9 Å². The van der Waals surface area contributed by atoms with Gasteiger partial charge >= 0.3 is 0 Å². The SMILES string of the molecule is COCC1CCN2C(=O)c3c(O)c(=O)c(C(=O)NCc4ccc(F)cc4)cn3CC2S1. The zero-order chi connectivity index (χ0) is 22.1. The minimum atomic E-state index is -0.892. The second-order valence-electron chi connectivity index (χ2n) is 7.49. The Bertz CT molecular complexity index is 1070. The van der Waals surface area contributed by atoms with Gasteiger partial charge in [-0.2, -0.15) is 0 Å². The minimum absolute atomic E-state index is 0.0882. The number of methoxy groups -OCH3 is 1. The highest BCUT2D eigenvalue weighted by Gasteiger charge is 2.40. The Kier molecular flexibility index (Phi) is 6.01. The number of fused-ring (bicyclic) bond motifs is 2. The van der Waals surface area contributed by atoms with Crippen molar-refractivity contribution in [2.45, 2.75) is 30.1 Å². The molecule has 3 heterocycles. The predicted molar refractivity (Wildman–Crippen MR) is 113 cm³/mol. The molecule has 31 heavy (non-hydrogen) atoms. The van der Waals surface area contributed by atoms with Gasteiger partial charge in [0.25, 0.3) is 11.8 Å². The van der Waals surface area contributed by atoms with Crippen molar-refractivity contribution >= 4 is 23.6 Å². The Morgan fingerprint density at radius 2 is 2.06 bits per heavy atom. The van der Waals surface area contributed by atoms with Gasteiger partial charge in [0.1, 0.15) is 11.4 Å². The molecule has 1 saturated heterocycles. The van der Waals surface area contributed by atoms with Crippen LogP contribution in [0.25, 0.3) is 0 Å². The summed E-state index contributed by atoms with van der Waals surface area (Å²) in [6.07, 6.45) is 2.09. The van der Waals surface area contributed by atoms with Crippen molar-refractivity contribution in [2.75, 3.05) is 20.3 Å². The number of pyridine rings is 1. The summed E-state index contributed by atoms with van der Waals surface area (Å²) in [5.74, 6) is -2.21. The van der Waals surface area contributed by atoms with Crippen LogP contribution in [-0.2, 0) is 17.8 Å². The zero-order valence-electron chi connectivity index (χ0n) is 16.8. The third-order valence-corrected chi connectivity index (χ3v) is 6.90. The second-order valence-corrected chi connectivity index (χ2v) is 8.97. The lowest BCUT2D eigenvalue weighted by Gasteiger charge is -2.42. The summed E-state index contributed by atoms with van der Waals surface area (Å²) in [7, 11) is 1.63. The number of carbonyl (C=O) groups excluding carboxylic acids is 2. The fraction of sp³-hybridized carbons (Fsp3) is 0.381. The molecule has 4 rings (SSSR count). The standard InChI is InChI=1S/C21H22FN3O5S/c1-30-11-14-6-7-25-16(31-14)10-24-9-15(18(26)19(27)17(24)21(25)29)20(28)23-8-12-2-4-13(22)5-3-12/h2-5,9,14,16,27H,6-8,10-11H2,1H3,(H,23,28). The van der Waals surface area contributed by atoms with E-state index < -0.39 is 23.0 Å². The van der Waals surface area contributed by atoms with Crippen LogP contribution in [-0.4, -0.2) is 57.3 Å². The summed E-state index contributed by atoms with van der Waals surface area (Å²) in [4.78, 5) is 39.8. The van der Waals surface area contributed by atoms with E-state index in [2.05, 4.69) is 5.32 Å². The quantitative estimate of drug-likeness (QED) is 0.722. The van der Waals surface area contributed by atoms with Crippen LogP contribution in [0.2, 0.25) is 0 Å². The van der Waals surface area contributed by atoms with Gasteiger partial charge in [0.05, 0.1) is 18.5 Å². The molecule has 0 spiro atoms. The lowest BCUT2D eigenvalue weighted by molar-refractivity contribution is 0.0644. The maximum absolute atomic E-state index is 13.0. The van der Waals surface area contributed by atoms with Crippen LogP contribution in [0.5, 0.6) is 5.75 Å². The van der Waals surface area contributed by atoms with Crippen molar-refractivity contribution in [3.05, 3.63) is 63.3 Å². The van der Waals surface area contributed by atoms with E-state index in [4.69, 9.17) is 4.74 Å². The number of benzene rings is 1. The van der Waals surface area contributed by atoms with E-state index in [1.54, 1.807) is 23.8 Å². The molecule has 1 fully saturated rings. The van der Waals surface area contributed by atoms with Crippen LogP contribution in [0.4, 0.5) is 4.39 Å². The zero-order valence-corrected chi connectivity index (χ0v) is 17.7. The molecule has 2 N–H and O–H groups in total. The number of rotatable bonds is 5. The van der Waals surface area contributed by atoms with Crippen molar-refractivity contribution in [1.29, 1.82) is 0 Å². The van der Waals surface area contributed by atoms with Crippen LogP contribution < -0.4 is 10.7 Å². The first-order valence-corrected chi connectivity index (χ1v) is 10.8. The molecule has 10 heteroatoms. The average molecular weight is 447 g/mol. The monoisotopic (exact) mass is 447 g/mol. The fourth-order valence-electron chi connectivity index (χ4n) is 3.84. The fourth-order valence-corrected chi connectivity index (χ4v) is 5.33. The summed E-state index contributed by atoms with van der Waals surface area (Å²) in [5, 5.41) is 13.1. The maximum atomic E-state index is 13.0. The number of halogens is 1. The number of carbonyl (C=O) groups is 2. The maximum Gasteiger partial charge on any atom is 0.275 e. The van der Waals surface area contributed by atoms with E-state index >= 15 is 0 Å². The number of hydrogen-bond acceptors (Lipinski definition) is 6. The van der Waals surface area contributed by atoms with Crippen molar-refractivity contribution in [3.8, 4) is 5.75 Å². The van der Waals surface area contributed by atoms with Crippen molar-refractivity contribution in [2.24, 2.45) is 0 Å². The average Bonchev–Trinajstić information content (AvgIpc) is 2.75. The van der Waals surface area contributed by atoms with Gasteiger partial charge in [0.15, 0.2) is 11.4 Å². The van der Waals surface area contributed by atoms with Crippen LogP contribution in [0.3, 0.4) is 0 Å². The molecule has 0 bridgehead atoms. The van der Waals surface area contributed by atoms with Crippen molar-refractivity contribution in [3.63, 3.8) is 0 Å². The number of aromatic hydroxyl groups is 1. The Morgan fingerprint density at radius 3 is 2.77 bits per heavy atom. The molecule has 0 saturated carbocycles. The molecule has 2 unspecified atom stereocenters. The number of hydrogen-bond donors (Lipinski definition) is 2. The molecule has 2 aliphatic heterocycles. The molecule has 2 aliphatic rings. The molecule has 0 aliphatic carbocycles. The lowest BCUT2D eigenvalue weighted by atomic mass is 10.1. The lowest BCUT2D eigenvalue weighted by Crippen LogP contribution is -2.52. The Balaban J connectivity index is 1.58. The molecule has 0 radical (unpaired) electrons. The summed E-state index contributed by atoms with van der Waals surface area (Å²) in [6, 6.07) is 5.60. The van der Waals surface area contributed by atoms with E-state index in [-0.39, 0.29) is 34.2 Å². The molecule has 1 aromatic carbocycles. The van der Waals surface area contributed by atoms with Crippen LogP contribution in [0, 0.1) is 5.82 Å². The number of nitrogens with zero attached hydrogens (tertiary/aromatic N) is 2. The highest BCUT2D eigenvalue weighted by atomic mass is 32.2. The topological polar surface area (TPSA) is 101 Å². The van der Waals surface area contributed by atoms with Gasteiger partial charge in [-0.05, 0) is 24.1 Å². The number of amides is 2. The molecule has 164 valence electrons. The molecular weight excluding hydrogens is 425 g/mol. The minimum Gasteiger partial charge on any atom is -0.503 e. The smallest absolute Gasteiger partial charge is 0.275 e. The van der Waals surface area contributed by atoms with E-state index in [0.717, 1.165) is 6.42 Å². The predicted octanol–water partition coefficient (Wildman–Crippen LogP) is 1.56. The van der Waals surface area contributed by atoms with Crippen molar-refractivity contribution < 1.29 is 23.8 Å². The normalized spacial score (nSPS) is 20.2. The van der Waals surface area contributed by atoms with Crippen LogP contribution >= 0.6 is 11.8 Å². The highest BCUT2D eigenvalue weighted by molar-refractivity contribution is 8.00. The Labute approximate surface area is 182 Å². The van der Waals surface area contributed by atoms with Gasteiger partial charge < -0.3 is 24.6 Å². The van der Waals surface area contributed by atoms with Gasteiger partial charge in [-0.3, -0.25) is 14.4 Å². The third kappa shape index (κ3) is 4.17. The summed E-state index contributed by atoms with van der Waals surface area (Å²) < 4.78 is 19.7. The van der Waals surface area contributed by atoms with E-state index in [1.807, 2.05) is 0 Å². The van der Waals surface area contributed by atoms with Gasteiger partial charge in [-0.15, -0.1) is 11.8 Å². The highest BCUT2D eigenvalue weighted by Crippen LogP contribution is 2.36. The van der Waals surface area contributed by atoms with Gasteiger partial charge in [-0.1, -0.05) is 12.1 Å². The van der Waals surface area contributed by atoms with Crippen molar-refractivity contribution in [1.82, 2.24) is 14.8 Å². The summed E-state index contributed by atoms with van der Waals surface area (Å²) >= 11 is 1.61. The van der Waals surface area contributed by atoms with Gasteiger partial charge in [-0.25, -0.2) is 4.39 Å². The molecule has 2 atom stereocenters.